The molecular weight excluding hydrogens is 420 g/mol. The summed E-state index contributed by atoms with van der Waals surface area (Å²) in [5.74, 6) is -1.18. The molecule has 170 valence electrons. The Balaban J connectivity index is 1.01. The van der Waals surface area contributed by atoms with Crippen LogP contribution in [0, 0.1) is 17.8 Å². The van der Waals surface area contributed by atoms with Crippen LogP contribution in [0.1, 0.15) is 36.3 Å². The van der Waals surface area contributed by atoms with Crippen molar-refractivity contribution in [3.8, 4) is 11.1 Å². The Morgan fingerprint density at radius 1 is 0.970 bits per heavy atom. The fourth-order valence-electron chi connectivity index (χ4n) is 6.22. The van der Waals surface area contributed by atoms with Crippen LogP contribution in [0.2, 0.25) is 0 Å². The Morgan fingerprint density at radius 2 is 1.61 bits per heavy atom. The van der Waals surface area contributed by atoms with Crippen LogP contribution in [-0.2, 0) is 14.3 Å². The summed E-state index contributed by atoms with van der Waals surface area (Å²) in [5.41, 5.74) is 4.72. The van der Waals surface area contributed by atoms with Gasteiger partial charge in [0.2, 0.25) is 5.91 Å². The third-order valence-electron chi connectivity index (χ3n) is 8.02. The summed E-state index contributed by atoms with van der Waals surface area (Å²) >= 11 is 0. The maximum Gasteiger partial charge on any atom is 0.407 e. The quantitative estimate of drug-likeness (QED) is 0.735. The average Bonchev–Trinajstić information content (AvgIpc) is 3.45. The molecule has 2 heterocycles. The first-order valence-corrected chi connectivity index (χ1v) is 11.7. The van der Waals surface area contributed by atoms with E-state index in [1.165, 1.54) is 22.3 Å². The van der Waals surface area contributed by atoms with Crippen LogP contribution in [0.15, 0.2) is 48.5 Å². The molecule has 2 saturated heterocycles. The molecule has 2 saturated carbocycles. The van der Waals surface area contributed by atoms with Gasteiger partial charge in [-0.1, -0.05) is 48.5 Å². The summed E-state index contributed by atoms with van der Waals surface area (Å²) in [5, 5.41) is 12.2. The molecule has 3 aliphatic carbocycles. The highest BCUT2D eigenvalue weighted by atomic mass is 16.5. The van der Waals surface area contributed by atoms with Gasteiger partial charge in [-0.2, -0.15) is 0 Å². The fourth-order valence-corrected chi connectivity index (χ4v) is 6.22. The molecule has 33 heavy (non-hydrogen) atoms. The molecule has 5 aliphatic rings. The predicted molar refractivity (Wildman–Crippen MR) is 119 cm³/mol. The number of ether oxygens (including phenoxy) is 1. The number of fused-ring (bicyclic) bond motifs is 4. The van der Waals surface area contributed by atoms with Crippen molar-refractivity contribution in [3.63, 3.8) is 0 Å². The van der Waals surface area contributed by atoms with Gasteiger partial charge in [0.1, 0.15) is 6.61 Å². The van der Waals surface area contributed by atoms with Crippen molar-refractivity contribution >= 4 is 18.0 Å². The number of carboxylic acids is 1. The zero-order chi connectivity index (χ0) is 22.7. The molecule has 2 aliphatic heterocycles. The number of alkyl carbamates (subject to hydrolysis) is 1. The first-order chi connectivity index (χ1) is 16.0. The third kappa shape index (κ3) is 3.21. The van der Waals surface area contributed by atoms with Crippen molar-refractivity contribution < 1.29 is 24.2 Å². The number of rotatable bonds is 5. The van der Waals surface area contributed by atoms with E-state index in [9.17, 15) is 19.5 Å². The predicted octanol–water partition coefficient (Wildman–Crippen LogP) is 3.24. The molecule has 2 aromatic rings. The second-order valence-corrected chi connectivity index (χ2v) is 9.75. The van der Waals surface area contributed by atoms with Crippen LogP contribution in [0.4, 0.5) is 4.79 Å². The van der Waals surface area contributed by atoms with Crippen molar-refractivity contribution in [3.05, 3.63) is 59.7 Å². The van der Waals surface area contributed by atoms with E-state index in [0.29, 0.717) is 19.4 Å². The minimum absolute atomic E-state index is 0.0164. The van der Waals surface area contributed by atoms with Crippen molar-refractivity contribution in [2.75, 3.05) is 13.2 Å². The van der Waals surface area contributed by atoms with Crippen LogP contribution in [0.25, 0.3) is 11.1 Å². The van der Waals surface area contributed by atoms with Crippen molar-refractivity contribution in [1.29, 1.82) is 0 Å². The summed E-state index contributed by atoms with van der Waals surface area (Å²) in [4.78, 5) is 38.3. The van der Waals surface area contributed by atoms with Crippen LogP contribution in [-0.4, -0.2) is 53.2 Å². The van der Waals surface area contributed by atoms with E-state index in [-0.39, 0.29) is 42.4 Å². The Bertz CT molecular complexity index is 1100. The van der Waals surface area contributed by atoms with E-state index in [4.69, 9.17) is 4.74 Å². The lowest BCUT2D eigenvalue weighted by Gasteiger charge is -2.39. The van der Waals surface area contributed by atoms with Crippen LogP contribution < -0.4 is 5.32 Å². The van der Waals surface area contributed by atoms with E-state index in [2.05, 4.69) is 29.6 Å². The van der Waals surface area contributed by atoms with Gasteiger partial charge in [-0.15, -0.1) is 0 Å². The number of nitrogens with zero attached hydrogens (tertiary/aromatic N) is 1. The number of carbonyl (C=O) groups is 3. The molecule has 2 N–H and O–H groups in total. The molecule has 2 amide bonds. The zero-order valence-electron chi connectivity index (χ0n) is 18.1. The first kappa shape index (κ1) is 20.3. The molecule has 4 fully saturated rings. The van der Waals surface area contributed by atoms with E-state index in [1.807, 2.05) is 24.3 Å². The first-order valence-electron chi connectivity index (χ1n) is 11.7. The zero-order valence-corrected chi connectivity index (χ0v) is 18.1. The summed E-state index contributed by atoms with van der Waals surface area (Å²) < 4.78 is 5.60. The summed E-state index contributed by atoms with van der Waals surface area (Å²) in [6, 6.07) is 16.2. The molecule has 0 spiro atoms. The number of amides is 2. The highest BCUT2D eigenvalue weighted by molar-refractivity contribution is 5.84. The number of hydrogen-bond acceptors (Lipinski definition) is 4. The molecular formula is C26H26N2O5. The maximum atomic E-state index is 12.8. The van der Waals surface area contributed by atoms with Gasteiger partial charge in [-0.3, -0.25) is 9.59 Å². The topological polar surface area (TPSA) is 95.9 Å². The molecule has 3 unspecified atom stereocenters. The molecule has 2 aromatic carbocycles. The highest BCUT2D eigenvalue weighted by Gasteiger charge is 2.58. The lowest BCUT2D eigenvalue weighted by atomic mass is 9.73. The fraction of sp³-hybridized carbons (Fsp3) is 0.423. The lowest BCUT2D eigenvalue weighted by Crippen LogP contribution is -2.52. The van der Waals surface area contributed by atoms with Gasteiger partial charge in [0, 0.05) is 30.5 Å². The van der Waals surface area contributed by atoms with E-state index in [1.54, 1.807) is 4.90 Å². The molecule has 0 aromatic heterocycles. The van der Waals surface area contributed by atoms with E-state index in [0.717, 1.165) is 6.42 Å². The Kier molecular flexibility index (Phi) is 4.67. The average molecular weight is 447 g/mol. The molecule has 7 rings (SSSR count). The molecule has 3 atom stereocenters. The Morgan fingerprint density at radius 3 is 2.21 bits per heavy atom. The molecule has 0 radical (unpaired) electrons. The maximum absolute atomic E-state index is 12.8. The number of aliphatic carboxylic acids is 1. The van der Waals surface area contributed by atoms with Crippen LogP contribution in [0.3, 0.4) is 0 Å². The van der Waals surface area contributed by atoms with Gasteiger partial charge in [-0.05, 0) is 47.4 Å². The van der Waals surface area contributed by atoms with E-state index >= 15 is 0 Å². The van der Waals surface area contributed by atoms with Gasteiger partial charge in [-0.25, -0.2) is 4.79 Å². The van der Waals surface area contributed by atoms with Gasteiger partial charge in [0.05, 0.1) is 5.92 Å². The number of nitrogens with one attached hydrogen (secondary N) is 1. The Hall–Kier alpha value is -3.35. The standard InChI is InChI=1S/C26H26N2O5/c29-24(28-12-15-11-22(28)23(15)25(30)31)14-9-16(10-14)27-26(32)33-13-21-19-7-3-1-5-17(19)18-6-2-4-8-20(18)21/h1-8,14-16,21-23H,9-13H2,(H,27,32)(H,30,31). The lowest BCUT2D eigenvalue weighted by molar-refractivity contribution is -0.149. The largest absolute Gasteiger partial charge is 0.481 e. The number of carboxylic acid groups (broad SMARTS) is 1. The number of benzene rings is 2. The van der Waals surface area contributed by atoms with Gasteiger partial charge >= 0.3 is 12.1 Å². The smallest absolute Gasteiger partial charge is 0.407 e. The van der Waals surface area contributed by atoms with Gasteiger partial charge in [0.15, 0.2) is 0 Å². The summed E-state index contributed by atoms with van der Waals surface area (Å²) in [7, 11) is 0. The van der Waals surface area contributed by atoms with Crippen molar-refractivity contribution in [1.82, 2.24) is 10.2 Å². The molecule has 7 heteroatoms. The van der Waals surface area contributed by atoms with Crippen LogP contribution >= 0.6 is 0 Å². The third-order valence-corrected chi connectivity index (χ3v) is 8.02. The minimum atomic E-state index is -0.796. The minimum Gasteiger partial charge on any atom is -0.481 e. The van der Waals surface area contributed by atoms with Gasteiger partial charge in [0.25, 0.3) is 0 Å². The molecule has 2 bridgehead atoms. The SMILES string of the molecule is O=C(NC1CC(C(=O)N2CC3CC2C3C(=O)O)C1)OCC1c2ccccc2-c2ccccc21. The number of carbonyl (C=O) groups excluding carboxylic acids is 2. The second kappa shape index (κ2) is 7.61. The van der Waals surface area contributed by atoms with Crippen LogP contribution in [0.5, 0.6) is 0 Å². The Labute approximate surface area is 191 Å². The summed E-state index contributed by atoms with van der Waals surface area (Å²) in [6.45, 7) is 0.823. The van der Waals surface area contributed by atoms with Crippen molar-refractivity contribution in [2.24, 2.45) is 17.8 Å². The monoisotopic (exact) mass is 446 g/mol. The highest BCUT2D eigenvalue weighted by Crippen LogP contribution is 2.48. The normalized spacial score (nSPS) is 28.8. The summed E-state index contributed by atoms with van der Waals surface area (Å²) in [6.07, 6.45) is 1.50. The number of hydrogen-bond donors (Lipinski definition) is 2. The second-order valence-electron chi connectivity index (χ2n) is 9.75. The van der Waals surface area contributed by atoms with E-state index < -0.39 is 18.0 Å². The molecule has 7 nitrogen and oxygen atoms in total. The van der Waals surface area contributed by atoms with Gasteiger partial charge < -0.3 is 20.1 Å². The van der Waals surface area contributed by atoms with Crippen molar-refractivity contribution in [2.45, 2.75) is 37.3 Å².